The molecule has 1 rings (SSSR count). The van der Waals surface area contributed by atoms with Crippen molar-refractivity contribution >= 4 is 5.91 Å². The molecule has 0 spiro atoms. The monoisotopic (exact) mass is 278 g/mol. The van der Waals surface area contributed by atoms with Crippen LogP contribution in [-0.2, 0) is 11.3 Å². The van der Waals surface area contributed by atoms with Crippen LogP contribution in [-0.4, -0.2) is 37.0 Å². The minimum Gasteiger partial charge on any atom is -0.494 e. The molecule has 0 heterocycles. The van der Waals surface area contributed by atoms with Gasteiger partial charge in [-0.25, -0.2) is 0 Å². The van der Waals surface area contributed by atoms with Crippen LogP contribution < -0.4 is 10.1 Å². The first kappa shape index (κ1) is 16.5. The highest BCUT2D eigenvalue weighted by Gasteiger charge is 2.12. The van der Waals surface area contributed by atoms with E-state index in [0.717, 1.165) is 17.9 Å². The zero-order valence-electron chi connectivity index (χ0n) is 13.0. The molecule has 20 heavy (non-hydrogen) atoms. The van der Waals surface area contributed by atoms with Crippen molar-refractivity contribution in [3.63, 3.8) is 0 Å². The summed E-state index contributed by atoms with van der Waals surface area (Å²) < 4.78 is 5.40. The van der Waals surface area contributed by atoms with E-state index in [0.29, 0.717) is 19.6 Å². The Balaban J connectivity index is 2.48. The van der Waals surface area contributed by atoms with E-state index in [4.69, 9.17) is 4.74 Å². The van der Waals surface area contributed by atoms with Gasteiger partial charge in [0.05, 0.1) is 6.61 Å². The van der Waals surface area contributed by atoms with Crippen LogP contribution in [0.15, 0.2) is 24.3 Å². The summed E-state index contributed by atoms with van der Waals surface area (Å²) in [6.45, 7) is 8.23. The number of ether oxygens (including phenoxy) is 1. The summed E-state index contributed by atoms with van der Waals surface area (Å²) in [5.41, 5.74) is 1.11. The molecule has 0 saturated carbocycles. The minimum absolute atomic E-state index is 0.160. The fraction of sp³-hybridized carbons (Fsp3) is 0.562. The first-order valence-electron chi connectivity index (χ1n) is 7.25. The maximum Gasteiger partial charge on any atom is 0.224 e. The van der Waals surface area contributed by atoms with E-state index in [2.05, 4.69) is 5.32 Å². The number of rotatable bonds is 8. The lowest BCUT2D eigenvalue weighted by atomic mass is 10.1. The van der Waals surface area contributed by atoms with Crippen molar-refractivity contribution in [2.45, 2.75) is 39.8 Å². The molecule has 4 nitrogen and oxygen atoms in total. The number of benzene rings is 1. The molecule has 1 aromatic rings. The number of nitrogens with one attached hydrogen (secondary N) is 1. The summed E-state index contributed by atoms with van der Waals surface area (Å²) in [6, 6.07) is 8.11. The van der Waals surface area contributed by atoms with E-state index in [1.807, 2.05) is 52.1 Å². The second-order valence-corrected chi connectivity index (χ2v) is 4.99. The van der Waals surface area contributed by atoms with Gasteiger partial charge in [0.1, 0.15) is 5.75 Å². The van der Waals surface area contributed by atoms with Crippen LogP contribution in [0.1, 0.15) is 32.8 Å². The molecule has 1 amide bonds. The van der Waals surface area contributed by atoms with Gasteiger partial charge in [-0.1, -0.05) is 19.1 Å². The molecular weight excluding hydrogens is 252 g/mol. The Morgan fingerprint density at radius 2 is 1.95 bits per heavy atom. The Hall–Kier alpha value is -1.55. The van der Waals surface area contributed by atoms with Crippen LogP contribution in [0.25, 0.3) is 0 Å². The fourth-order valence-electron chi connectivity index (χ4n) is 2.06. The van der Waals surface area contributed by atoms with Crippen LogP contribution in [0.4, 0.5) is 0 Å². The van der Waals surface area contributed by atoms with E-state index in [1.165, 1.54) is 0 Å². The predicted molar refractivity (Wildman–Crippen MR) is 81.8 cm³/mol. The Morgan fingerprint density at radius 1 is 1.30 bits per heavy atom. The summed E-state index contributed by atoms with van der Waals surface area (Å²) in [6.07, 6.45) is 0.529. The summed E-state index contributed by atoms with van der Waals surface area (Å²) in [7, 11) is 1.84. The van der Waals surface area contributed by atoms with Gasteiger partial charge in [-0.05, 0) is 38.1 Å². The quantitative estimate of drug-likeness (QED) is 0.794. The Labute approximate surface area is 122 Å². The van der Waals surface area contributed by atoms with Crippen molar-refractivity contribution in [2.24, 2.45) is 0 Å². The fourth-order valence-corrected chi connectivity index (χ4v) is 2.06. The van der Waals surface area contributed by atoms with Crippen molar-refractivity contribution < 1.29 is 9.53 Å². The van der Waals surface area contributed by atoms with Crippen molar-refractivity contribution in [1.82, 2.24) is 10.2 Å². The van der Waals surface area contributed by atoms with Crippen LogP contribution in [0.5, 0.6) is 5.75 Å². The second kappa shape index (κ2) is 8.59. The van der Waals surface area contributed by atoms with Gasteiger partial charge in [0.25, 0.3) is 0 Å². The highest BCUT2D eigenvalue weighted by atomic mass is 16.5. The first-order chi connectivity index (χ1) is 9.56. The lowest BCUT2D eigenvalue weighted by Gasteiger charge is -2.20. The third kappa shape index (κ3) is 5.61. The smallest absolute Gasteiger partial charge is 0.224 e. The molecule has 0 radical (unpaired) electrons. The van der Waals surface area contributed by atoms with Gasteiger partial charge in [0.2, 0.25) is 5.91 Å². The van der Waals surface area contributed by atoms with Gasteiger partial charge in [-0.2, -0.15) is 0 Å². The average Bonchev–Trinajstić information content (AvgIpc) is 2.41. The number of hydrogen-bond acceptors (Lipinski definition) is 3. The number of hydrogen-bond donors (Lipinski definition) is 1. The zero-order chi connectivity index (χ0) is 15.0. The van der Waals surface area contributed by atoms with E-state index >= 15 is 0 Å². The SMILES string of the molecule is CCNC(C)CC(=O)N(C)Cc1ccc(OCC)cc1. The molecule has 0 bridgehead atoms. The first-order valence-corrected chi connectivity index (χ1v) is 7.25. The van der Waals surface area contributed by atoms with Crippen molar-refractivity contribution in [2.75, 3.05) is 20.2 Å². The van der Waals surface area contributed by atoms with E-state index in [1.54, 1.807) is 4.90 Å². The lowest BCUT2D eigenvalue weighted by molar-refractivity contribution is -0.130. The molecule has 112 valence electrons. The molecule has 0 aliphatic heterocycles. The molecule has 1 N–H and O–H groups in total. The highest BCUT2D eigenvalue weighted by molar-refractivity contribution is 5.76. The van der Waals surface area contributed by atoms with Gasteiger partial charge >= 0.3 is 0 Å². The van der Waals surface area contributed by atoms with Crippen molar-refractivity contribution in [3.8, 4) is 5.75 Å². The summed E-state index contributed by atoms with van der Waals surface area (Å²) in [5, 5.41) is 3.25. The molecule has 0 fully saturated rings. The number of amides is 1. The molecule has 1 aromatic carbocycles. The molecule has 1 unspecified atom stereocenters. The van der Waals surface area contributed by atoms with Crippen molar-refractivity contribution in [3.05, 3.63) is 29.8 Å². The number of carbonyl (C=O) groups is 1. The van der Waals surface area contributed by atoms with E-state index in [-0.39, 0.29) is 11.9 Å². The minimum atomic E-state index is 0.160. The topological polar surface area (TPSA) is 41.6 Å². The summed E-state index contributed by atoms with van der Waals surface area (Å²) >= 11 is 0. The Bertz CT molecular complexity index is 403. The predicted octanol–water partition coefficient (Wildman–Crippen LogP) is 2.43. The Kier molecular flexibility index (Phi) is 7.09. The van der Waals surface area contributed by atoms with Gasteiger partial charge in [0, 0.05) is 26.1 Å². The molecule has 1 atom stereocenters. The normalized spacial score (nSPS) is 12.0. The maximum absolute atomic E-state index is 12.1. The molecule has 0 aliphatic rings. The van der Waals surface area contributed by atoms with Crippen LogP contribution in [0.2, 0.25) is 0 Å². The number of carbonyl (C=O) groups excluding carboxylic acids is 1. The van der Waals surface area contributed by atoms with Crippen LogP contribution in [0.3, 0.4) is 0 Å². The van der Waals surface area contributed by atoms with Gasteiger partial charge in [0.15, 0.2) is 0 Å². The third-order valence-corrected chi connectivity index (χ3v) is 3.11. The molecule has 0 saturated heterocycles. The van der Waals surface area contributed by atoms with Gasteiger partial charge in [-0.15, -0.1) is 0 Å². The van der Waals surface area contributed by atoms with Crippen LogP contribution in [0, 0.1) is 0 Å². The number of nitrogens with zero attached hydrogens (tertiary/aromatic N) is 1. The largest absolute Gasteiger partial charge is 0.494 e. The molecule has 4 heteroatoms. The lowest BCUT2D eigenvalue weighted by Crippen LogP contribution is -2.34. The maximum atomic E-state index is 12.1. The molecular formula is C16H26N2O2. The van der Waals surface area contributed by atoms with E-state index < -0.39 is 0 Å². The molecule has 0 aliphatic carbocycles. The highest BCUT2D eigenvalue weighted by Crippen LogP contribution is 2.13. The van der Waals surface area contributed by atoms with Crippen molar-refractivity contribution in [1.29, 1.82) is 0 Å². The third-order valence-electron chi connectivity index (χ3n) is 3.11. The Morgan fingerprint density at radius 3 is 2.50 bits per heavy atom. The summed E-state index contributed by atoms with van der Waals surface area (Å²) in [4.78, 5) is 13.8. The summed E-state index contributed by atoms with van der Waals surface area (Å²) in [5.74, 6) is 1.03. The zero-order valence-corrected chi connectivity index (χ0v) is 13.0. The second-order valence-electron chi connectivity index (χ2n) is 4.99. The van der Waals surface area contributed by atoms with E-state index in [9.17, 15) is 4.79 Å². The molecule has 0 aromatic heterocycles. The van der Waals surface area contributed by atoms with Gasteiger partial charge in [-0.3, -0.25) is 4.79 Å². The van der Waals surface area contributed by atoms with Crippen LogP contribution >= 0.6 is 0 Å². The average molecular weight is 278 g/mol. The standard InChI is InChI=1S/C16H26N2O2/c1-5-17-13(3)11-16(19)18(4)12-14-7-9-15(10-8-14)20-6-2/h7-10,13,17H,5-6,11-12H2,1-4H3. The van der Waals surface area contributed by atoms with Gasteiger partial charge < -0.3 is 15.0 Å².